The Morgan fingerprint density at radius 2 is 2.10 bits per heavy atom. The van der Waals surface area contributed by atoms with Gasteiger partial charge in [-0.05, 0) is 51.7 Å². The molecule has 0 saturated carbocycles. The summed E-state index contributed by atoms with van der Waals surface area (Å²) in [6, 6.07) is 0.530. The Morgan fingerprint density at radius 1 is 1.30 bits per heavy atom. The van der Waals surface area contributed by atoms with E-state index in [1.807, 2.05) is 0 Å². The average Bonchev–Trinajstić information content (AvgIpc) is 3.13. The molecule has 1 atom stereocenters. The van der Waals surface area contributed by atoms with Crippen LogP contribution in [0.2, 0.25) is 0 Å². The highest BCUT2D eigenvalue weighted by Crippen LogP contribution is 2.11. The second kappa shape index (κ2) is 8.63. The van der Waals surface area contributed by atoms with Crippen molar-refractivity contribution < 1.29 is 4.79 Å². The van der Waals surface area contributed by atoms with Gasteiger partial charge in [0.15, 0.2) is 0 Å². The van der Waals surface area contributed by atoms with Gasteiger partial charge in [0, 0.05) is 32.1 Å². The number of rotatable bonds is 8. The molecular weight excluding hydrogens is 250 g/mol. The number of amides is 1. The zero-order chi connectivity index (χ0) is 14.2. The van der Waals surface area contributed by atoms with E-state index in [9.17, 15) is 4.79 Å². The Hall–Kier alpha value is -0.610. The Kier molecular flexibility index (Phi) is 6.80. The van der Waals surface area contributed by atoms with Crippen LogP contribution in [0.5, 0.6) is 0 Å². The molecule has 4 heteroatoms. The monoisotopic (exact) mass is 281 g/mol. The summed E-state index contributed by atoms with van der Waals surface area (Å²) in [5.74, 6) is 0.360. The van der Waals surface area contributed by atoms with Crippen LogP contribution in [0.1, 0.15) is 51.9 Å². The first kappa shape index (κ1) is 15.8. The zero-order valence-corrected chi connectivity index (χ0v) is 13.1. The molecule has 0 bridgehead atoms. The van der Waals surface area contributed by atoms with Crippen LogP contribution in [0.15, 0.2) is 0 Å². The number of carbonyl (C=O) groups is 1. The maximum absolute atomic E-state index is 12.5. The molecule has 0 radical (unpaired) electrons. The van der Waals surface area contributed by atoms with E-state index in [2.05, 4.69) is 22.0 Å². The van der Waals surface area contributed by atoms with Gasteiger partial charge in [-0.3, -0.25) is 4.79 Å². The quantitative estimate of drug-likeness (QED) is 0.737. The van der Waals surface area contributed by atoms with E-state index < -0.39 is 0 Å². The van der Waals surface area contributed by atoms with Crippen molar-refractivity contribution in [2.24, 2.45) is 0 Å². The fraction of sp³-hybridized carbons (Fsp3) is 0.938. The van der Waals surface area contributed by atoms with Crippen LogP contribution in [0, 0.1) is 0 Å². The number of hydrogen-bond acceptors (Lipinski definition) is 3. The minimum Gasteiger partial charge on any atom is -0.341 e. The molecule has 116 valence electrons. The van der Waals surface area contributed by atoms with Crippen molar-refractivity contribution >= 4 is 5.91 Å². The molecule has 0 aromatic heterocycles. The van der Waals surface area contributed by atoms with Crippen molar-refractivity contribution in [1.29, 1.82) is 0 Å². The third-order valence-electron chi connectivity index (χ3n) is 4.58. The minimum atomic E-state index is 0.360. The lowest BCUT2D eigenvalue weighted by atomic mass is 10.2. The lowest BCUT2D eigenvalue weighted by Gasteiger charge is -2.27. The first-order chi connectivity index (χ1) is 9.79. The Bertz CT molecular complexity index is 283. The van der Waals surface area contributed by atoms with Gasteiger partial charge in [0.05, 0.1) is 0 Å². The molecule has 1 unspecified atom stereocenters. The second-order valence-electron chi connectivity index (χ2n) is 6.29. The van der Waals surface area contributed by atoms with E-state index in [0.29, 0.717) is 18.4 Å². The first-order valence-electron chi connectivity index (χ1n) is 8.53. The van der Waals surface area contributed by atoms with E-state index in [1.54, 1.807) is 0 Å². The molecule has 2 aliphatic heterocycles. The van der Waals surface area contributed by atoms with Crippen molar-refractivity contribution in [3.63, 3.8) is 0 Å². The third kappa shape index (κ3) is 5.06. The Balaban J connectivity index is 1.75. The van der Waals surface area contributed by atoms with Crippen LogP contribution < -0.4 is 5.32 Å². The van der Waals surface area contributed by atoms with Gasteiger partial charge >= 0.3 is 0 Å². The van der Waals surface area contributed by atoms with Gasteiger partial charge in [0.1, 0.15) is 0 Å². The average molecular weight is 281 g/mol. The topological polar surface area (TPSA) is 35.6 Å². The Labute approximate surface area is 123 Å². The number of hydrogen-bond donors (Lipinski definition) is 1. The van der Waals surface area contributed by atoms with Gasteiger partial charge in [-0.15, -0.1) is 0 Å². The summed E-state index contributed by atoms with van der Waals surface area (Å²) >= 11 is 0. The van der Waals surface area contributed by atoms with Gasteiger partial charge < -0.3 is 15.1 Å². The lowest BCUT2D eigenvalue weighted by Crippen LogP contribution is -2.42. The van der Waals surface area contributed by atoms with Crippen LogP contribution in [-0.4, -0.2) is 61.0 Å². The van der Waals surface area contributed by atoms with Crippen LogP contribution >= 0.6 is 0 Å². The molecule has 0 spiro atoms. The van der Waals surface area contributed by atoms with Gasteiger partial charge in [-0.1, -0.05) is 13.3 Å². The SMILES string of the molecule is CCCCN(CC1CCCN1)C(=O)CCN1CCCC1. The molecular formula is C16H31N3O. The number of unbranched alkanes of at least 4 members (excludes halogenated alkanes) is 1. The van der Waals surface area contributed by atoms with E-state index in [4.69, 9.17) is 0 Å². The summed E-state index contributed by atoms with van der Waals surface area (Å²) < 4.78 is 0. The van der Waals surface area contributed by atoms with Crippen LogP contribution in [0.3, 0.4) is 0 Å². The highest BCUT2D eigenvalue weighted by Gasteiger charge is 2.22. The van der Waals surface area contributed by atoms with E-state index in [1.165, 1.54) is 38.8 Å². The molecule has 1 N–H and O–H groups in total. The third-order valence-corrected chi connectivity index (χ3v) is 4.58. The lowest BCUT2D eigenvalue weighted by molar-refractivity contribution is -0.131. The number of nitrogens with zero attached hydrogens (tertiary/aromatic N) is 2. The zero-order valence-electron chi connectivity index (χ0n) is 13.1. The highest BCUT2D eigenvalue weighted by atomic mass is 16.2. The van der Waals surface area contributed by atoms with E-state index >= 15 is 0 Å². The van der Waals surface area contributed by atoms with Crippen molar-refractivity contribution in [2.45, 2.75) is 57.9 Å². The van der Waals surface area contributed by atoms with Crippen LogP contribution in [0.25, 0.3) is 0 Å². The molecule has 2 heterocycles. The molecule has 2 fully saturated rings. The molecule has 20 heavy (non-hydrogen) atoms. The number of carbonyl (C=O) groups excluding carboxylic acids is 1. The normalized spacial score (nSPS) is 23.4. The van der Waals surface area contributed by atoms with Crippen LogP contribution in [-0.2, 0) is 4.79 Å². The van der Waals surface area contributed by atoms with Gasteiger partial charge in [0.25, 0.3) is 0 Å². The standard InChI is InChI=1S/C16H31N3O/c1-2-3-12-19(14-15-7-6-9-17-15)16(20)8-13-18-10-4-5-11-18/h15,17H,2-14H2,1H3. The summed E-state index contributed by atoms with van der Waals surface area (Å²) in [5.41, 5.74) is 0. The summed E-state index contributed by atoms with van der Waals surface area (Å²) in [7, 11) is 0. The predicted molar refractivity (Wildman–Crippen MR) is 82.8 cm³/mol. The van der Waals surface area contributed by atoms with Crippen molar-refractivity contribution in [1.82, 2.24) is 15.1 Å². The minimum absolute atomic E-state index is 0.360. The molecule has 2 saturated heterocycles. The van der Waals surface area contributed by atoms with Crippen LogP contribution in [0.4, 0.5) is 0 Å². The fourth-order valence-electron chi connectivity index (χ4n) is 3.26. The highest BCUT2D eigenvalue weighted by molar-refractivity contribution is 5.76. The van der Waals surface area contributed by atoms with Gasteiger partial charge in [-0.25, -0.2) is 0 Å². The molecule has 0 aromatic carbocycles. The van der Waals surface area contributed by atoms with E-state index in [0.717, 1.165) is 39.0 Å². The molecule has 2 aliphatic rings. The molecule has 2 rings (SSSR count). The fourth-order valence-corrected chi connectivity index (χ4v) is 3.26. The van der Waals surface area contributed by atoms with Gasteiger partial charge in [-0.2, -0.15) is 0 Å². The van der Waals surface area contributed by atoms with Crippen molar-refractivity contribution in [2.75, 3.05) is 39.3 Å². The number of nitrogens with one attached hydrogen (secondary N) is 1. The molecule has 1 amide bonds. The maximum atomic E-state index is 12.5. The van der Waals surface area contributed by atoms with Gasteiger partial charge in [0.2, 0.25) is 5.91 Å². The number of likely N-dealkylation sites (tertiary alicyclic amines) is 1. The summed E-state index contributed by atoms with van der Waals surface area (Å²) in [4.78, 5) is 17.0. The van der Waals surface area contributed by atoms with Crippen molar-refractivity contribution in [3.8, 4) is 0 Å². The van der Waals surface area contributed by atoms with E-state index in [-0.39, 0.29) is 0 Å². The first-order valence-corrected chi connectivity index (χ1v) is 8.53. The predicted octanol–water partition coefficient (Wildman–Crippen LogP) is 1.85. The second-order valence-corrected chi connectivity index (χ2v) is 6.29. The largest absolute Gasteiger partial charge is 0.341 e. The smallest absolute Gasteiger partial charge is 0.223 e. The summed E-state index contributed by atoms with van der Waals surface area (Å²) in [6.07, 6.45) is 8.09. The maximum Gasteiger partial charge on any atom is 0.223 e. The Morgan fingerprint density at radius 3 is 2.75 bits per heavy atom. The van der Waals surface area contributed by atoms with Crippen molar-refractivity contribution in [3.05, 3.63) is 0 Å². The molecule has 0 aliphatic carbocycles. The molecule has 4 nitrogen and oxygen atoms in total. The summed E-state index contributed by atoms with van der Waals surface area (Å²) in [5, 5.41) is 3.51. The molecule has 0 aromatic rings. The summed E-state index contributed by atoms with van der Waals surface area (Å²) in [6.45, 7) is 8.50.